The molecule has 1 saturated carbocycles. The van der Waals surface area contributed by atoms with Gasteiger partial charge in [0, 0.05) is 34.3 Å². The van der Waals surface area contributed by atoms with E-state index in [-0.39, 0.29) is 5.97 Å². The van der Waals surface area contributed by atoms with Gasteiger partial charge in [0.1, 0.15) is 29.4 Å². The third-order valence-electron chi connectivity index (χ3n) is 6.38. The number of fused-ring (bicyclic) bond motifs is 6. The average molecular weight is 393 g/mol. The first-order chi connectivity index (χ1) is 14.2. The molecule has 1 aromatic heterocycles. The van der Waals surface area contributed by atoms with Crippen LogP contribution >= 0.6 is 0 Å². The molecule has 5 rings (SSSR count). The summed E-state index contributed by atoms with van der Waals surface area (Å²) in [6.45, 7) is 5.38. The first-order valence-corrected chi connectivity index (χ1v) is 10.7. The number of nitrogens with zero attached hydrogens (tertiary/aromatic N) is 1. The maximum atomic E-state index is 12.8. The molecule has 5 nitrogen and oxygen atoms in total. The van der Waals surface area contributed by atoms with Crippen LogP contribution in [0.5, 0.6) is 5.75 Å². The minimum atomic E-state index is -0.323. The number of carbonyl (C=O) groups is 1. The predicted molar refractivity (Wildman–Crippen MR) is 112 cm³/mol. The van der Waals surface area contributed by atoms with Gasteiger partial charge in [0.2, 0.25) is 0 Å². The predicted octanol–water partition coefficient (Wildman–Crippen LogP) is 5.56. The lowest BCUT2D eigenvalue weighted by Crippen LogP contribution is -2.41. The van der Waals surface area contributed by atoms with Gasteiger partial charge in [0.15, 0.2) is 0 Å². The van der Waals surface area contributed by atoms with Gasteiger partial charge in [-0.25, -0.2) is 4.79 Å². The molecule has 2 heterocycles. The van der Waals surface area contributed by atoms with Crippen molar-refractivity contribution >= 4 is 27.7 Å². The SMILES string of the molecule is CCOC(=O)c1c(C)oc2c1c1c(c3ccccc32)OCN(C2CCCCC2)C1. The maximum absolute atomic E-state index is 12.8. The van der Waals surface area contributed by atoms with Crippen LogP contribution in [0.3, 0.4) is 0 Å². The Morgan fingerprint density at radius 3 is 2.69 bits per heavy atom. The third kappa shape index (κ3) is 2.99. The van der Waals surface area contributed by atoms with Gasteiger partial charge < -0.3 is 13.9 Å². The zero-order valence-electron chi connectivity index (χ0n) is 17.1. The first kappa shape index (κ1) is 18.5. The number of hydrogen-bond donors (Lipinski definition) is 0. The maximum Gasteiger partial charge on any atom is 0.342 e. The van der Waals surface area contributed by atoms with Crippen molar-refractivity contribution in [3.8, 4) is 5.75 Å². The minimum Gasteiger partial charge on any atom is -0.477 e. The van der Waals surface area contributed by atoms with E-state index in [2.05, 4.69) is 11.0 Å². The number of ether oxygens (including phenoxy) is 2. The number of rotatable bonds is 3. The summed E-state index contributed by atoms with van der Waals surface area (Å²) in [5, 5.41) is 2.88. The van der Waals surface area contributed by atoms with Gasteiger partial charge in [-0.2, -0.15) is 0 Å². The first-order valence-electron chi connectivity index (χ1n) is 10.7. The molecule has 3 aromatic rings. The monoisotopic (exact) mass is 393 g/mol. The number of carbonyl (C=O) groups excluding carboxylic acids is 1. The number of aryl methyl sites for hydroxylation is 1. The van der Waals surface area contributed by atoms with Gasteiger partial charge in [-0.05, 0) is 26.7 Å². The Morgan fingerprint density at radius 1 is 1.17 bits per heavy atom. The highest BCUT2D eigenvalue weighted by molar-refractivity contribution is 6.16. The van der Waals surface area contributed by atoms with Gasteiger partial charge in [-0.3, -0.25) is 4.90 Å². The Morgan fingerprint density at radius 2 is 1.93 bits per heavy atom. The fraction of sp³-hybridized carbons (Fsp3) is 0.458. The van der Waals surface area contributed by atoms with Gasteiger partial charge >= 0.3 is 5.97 Å². The second kappa shape index (κ2) is 7.38. The highest BCUT2D eigenvalue weighted by Crippen LogP contribution is 2.44. The van der Waals surface area contributed by atoms with E-state index in [0.29, 0.717) is 30.7 Å². The minimum absolute atomic E-state index is 0.323. The highest BCUT2D eigenvalue weighted by Gasteiger charge is 2.32. The number of hydrogen-bond acceptors (Lipinski definition) is 5. The van der Waals surface area contributed by atoms with Gasteiger partial charge in [-0.15, -0.1) is 0 Å². The van der Waals surface area contributed by atoms with Crippen LogP contribution in [0.1, 0.15) is 60.7 Å². The normalized spacial score (nSPS) is 18.0. The van der Waals surface area contributed by atoms with Crippen molar-refractivity contribution in [1.29, 1.82) is 0 Å². The zero-order chi connectivity index (χ0) is 20.0. The van der Waals surface area contributed by atoms with Crippen molar-refractivity contribution in [3.05, 3.63) is 41.2 Å². The Balaban J connectivity index is 1.72. The smallest absolute Gasteiger partial charge is 0.342 e. The standard InChI is InChI=1S/C24H27NO4/c1-3-27-24(26)20-15(2)29-23-18-12-8-7-11-17(18)22-19(21(20)23)13-25(14-28-22)16-9-5-4-6-10-16/h7-8,11-12,16H,3-6,9-10,13-14H2,1-2H3. The summed E-state index contributed by atoms with van der Waals surface area (Å²) in [5.41, 5.74) is 2.35. The molecule has 0 saturated heterocycles. The van der Waals surface area contributed by atoms with Crippen LogP contribution in [-0.4, -0.2) is 30.2 Å². The number of furan rings is 1. The lowest BCUT2D eigenvalue weighted by atomic mass is 9.92. The molecule has 1 aliphatic carbocycles. The lowest BCUT2D eigenvalue weighted by molar-refractivity contribution is 0.0421. The van der Waals surface area contributed by atoms with E-state index in [4.69, 9.17) is 13.9 Å². The molecule has 0 atom stereocenters. The topological polar surface area (TPSA) is 51.9 Å². The summed E-state index contributed by atoms with van der Waals surface area (Å²) in [7, 11) is 0. The van der Waals surface area contributed by atoms with E-state index in [1.54, 1.807) is 0 Å². The summed E-state index contributed by atoms with van der Waals surface area (Å²) in [6, 6.07) is 8.66. The summed E-state index contributed by atoms with van der Waals surface area (Å²) >= 11 is 0. The Hall–Kier alpha value is -2.53. The Labute approximate surface area is 170 Å². The summed E-state index contributed by atoms with van der Waals surface area (Å²) in [5.74, 6) is 1.16. The van der Waals surface area contributed by atoms with Gasteiger partial charge in [-0.1, -0.05) is 43.5 Å². The number of benzene rings is 2. The van der Waals surface area contributed by atoms with Gasteiger partial charge in [0.05, 0.1) is 6.61 Å². The highest BCUT2D eigenvalue weighted by atomic mass is 16.5. The molecule has 0 spiro atoms. The van der Waals surface area contributed by atoms with Crippen molar-refractivity contribution in [2.24, 2.45) is 0 Å². The van der Waals surface area contributed by atoms with E-state index in [1.807, 2.05) is 32.0 Å². The van der Waals surface area contributed by atoms with Crippen LogP contribution in [0, 0.1) is 6.92 Å². The third-order valence-corrected chi connectivity index (χ3v) is 6.38. The summed E-state index contributed by atoms with van der Waals surface area (Å²) in [4.78, 5) is 15.2. The van der Waals surface area contributed by atoms with Crippen molar-refractivity contribution in [2.45, 2.75) is 58.5 Å². The fourth-order valence-corrected chi connectivity index (χ4v) is 5.02. The number of esters is 1. The van der Waals surface area contributed by atoms with E-state index >= 15 is 0 Å². The van der Waals surface area contributed by atoms with Crippen LogP contribution in [0.2, 0.25) is 0 Å². The van der Waals surface area contributed by atoms with Crippen LogP contribution < -0.4 is 4.74 Å². The molecule has 1 fully saturated rings. The quantitative estimate of drug-likeness (QED) is 0.546. The molecular formula is C24H27NO4. The molecule has 2 aliphatic rings. The van der Waals surface area contributed by atoms with Crippen LogP contribution in [0.25, 0.3) is 21.7 Å². The van der Waals surface area contributed by atoms with Crippen LogP contribution in [-0.2, 0) is 11.3 Å². The summed E-state index contributed by atoms with van der Waals surface area (Å²) in [6.07, 6.45) is 6.31. The zero-order valence-corrected chi connectivity index (χ0v) is 17.1. The molecule has 152 valence electrons. The molecule has 0 bridgehead atoms. The van der Waals surface area contributed by atoms with Gasteiger partial charge in [0.25, 0.3) is 0 Å². The molecule has 1 aliphatic heterocycles. The van der Waals surface area contributed by atoms with Crippen molar-refractivity contribution < 1.29 is 18.7 Å². The Kier molecular flexibility index (Phi) is 4.70. The fourth-order valence-electron chi connectivity index (χ4n) is 5.02. The van der Waals surface area contributed by atoms with Crippen LogP contribution in [0.15, 0.2) is 28.7 Å². The summed E-state index contributed by atoms with van der Waals surface area (Å²) < 4.78 is 17.9. The van der Waals surface area contributed by atoms with Crippen molar-refractivity contribution in [3.63, 3.8) is 0 Å². The second-order valence-corrected chi connectivity index (χ2v) is 8.12. The molecule has 0 N–H and O–H groups in total. The Bertz CT molecular complexity index is 1080. The van der Waals surface area contributed by atoms with E-state index in [9.17, 15) is 4.79 Å². The van der Waals surface area contributed by atoms with E-state index < -0.39 is 0 Å². The molecule has 0 unspecified atom stereocenters. The molecule has 0 radical (unpaired) electrons. The van der Waals surface area contributed by atoms with Crippen molar-refractivity contribution in [2.75, 3.05) is 13.3 Å². The second-order valence-electron chi connectivity index (χ2n) is 8.12. The molecular weight excluding hydrogens is 366 g/mol. The molecule has 29 heavy (non-hydrogen) atoms. The van der Waals surface area contributed by atoms with E-state index in [0.717, 1.165) is 39.6 Å². The van der Waals surface area contributed by atoms with Crippen LogP contribution in [0.4, 0.5) is 0 Å². The lowest BCUT2D eigenvalue weighted by Gasteiger charge is -2.38. The van der Waals surface area contributed by atoms with Crippen molar-refractivity contribution in [1.82, 2.24) is 4.90 Å². The molecule has 0 amide bonds. The van der Waals surface area contributed by atoms with E-state index in [1.165, 1.54) is 32.1 Å². The molecule has 2 aromatic carbocycles. The largest absolute Gasteiger partial charge is 0.477 e. The average Bonchev–Trinajstić information content (AvgIpc) is 3.12. The molecule has 5 heteroatoms.